The minimum Gasteiger partial charge on any atom is -0.382 e. The number of anilines is 2. The van der Waals surface area contributed by atoms with Crippen molar-refractivity contribution < 1.29 is 13.2 Å². The molecule has 1 aromatic rings. The lowest BCUT2D eigenvalue weighted by Gasteiger charge is -2.20. The first-order valence-electron chi connectivity index (χ1n) is 6.80. The smallest absolute Gasteiger partial charge is 0.249 e. The number of hydrogen-bond acceptors (Lipinski definition) is 7. The van der Waals surface area contributed by atoms with Crippen LogP contribution in [0.5, 0.6) is 0 Å². The topological polar surface area (TPSA) is 88.8 Å². The summed E-state index contributed by atoms with van der Waals surface area (Å²) in [5.74, 6) is 0.772. The van der Waals surface area contributed by atoms with Crippen molar-refractivity contribution in [1.82, 2.24) is 8.68 Å². The van der Waals surface area contributed by atoms with Gasteiger partial charge in [-0.2, -0.15) is 4.37 Å². The highest BCUT2D eigenvalue weighted by Crippen LogP contribution is 2.35. The van der Waals surface area contributed by atoms with Gasteiger partial charge in [0.15, 0.2) is 10.7 Å². The lowest BCUT2D eigenvalue weighted by atomic mass is 10.5. The number of aromatic nitrogens is 1. The Morgan fingerprint density at radius 1 is 1.38 bits per heavy atom. The molecule has 0 aromatic carbocycles. The average molecular weight is 334 g/mol. The van der Waals surface area contributed by atoms with E-state index in [2.05, 4.69) is 4.37 Å². The second kappa shape index (κ2) is 6.47. The van der Waals surface area contributed by atoms with Crippen LogP contribution in [0.3, 0.4) is 0 Å². The van der Waals surface area contributed by atoms with Gasteiger partial charge in [0.25, 0.3) is 0 Å². The van der Waals surface area contributed by atoms with Crippen LogP contribution in [-0.4, -0.2) is 58.0 Å². The Bertz CT molecular complexity index is 581. The molecular weight excluding hydrogens is 312 g/mol. The number of ether oxygens (including phenoxy) is 1. The van der Waals surface area contributed by atoms with Crippen molar-refractivity contribution in [2.75, 3.05) is 51.5 Å². The Hall–Kier alpha value is -0.900. The molecule has 1 fully saturated rings. The van der Waals surface area contributed by atoms with E-state index >= 15 is 0 Å². The monoisotopic (exact) mass is 334 g/mol. The van der Waals surface area contributed by atoms with E-state index in [-0.39, 0.29) is 10.7 Å². The van der Waals surface area contributed by atoms with Crippen molar-refractivity contribution in [3.05, 3.63) is 0 Å². The van der Waals surface area contributed by atoms with Crippen LogP contribution >= 0.6 is 11.5 Å². The van der Waals surface area contributed by atoms with Gasteiger partial charge >= 0.3 is 0 Å². The molecule has 120 valence electrons. The van der Waals surface area contributed by atoms with E-state index in [4.69, 9.17) is 10.5 Å². The standard InChI is InChI=1S/C12H22N4O3S2/c1-15(2)21(17,18)10-11(13)14-20-12(10)16(3)6-7-19-8-9-4-5-9/h9H,4-8H2,1-3H3,(H2,13,14). The van der Waals surface area contributed by atoms with Crippen LogP contribution < -0.4 is 10.6 Å². The summed E-state index contributed by atoms with van der Waals surface area (Å²) in [6, 6.07) is 0. The molecule has 21 heavy (non-hydrogen) atoms. The molecule has 0 atom stereocenters. The number of likely N-dealkylation sites (N-methyl/N-ethyl adjacent to an activating group) is 1. The van der Waals surface area contributed by atoms with Gasteiger partial charge in [-0.1, -0.05) is 0 Å². The predicted molar refractivity (Wildman–Crippen MR) is 84.2 cm³/mol. The van der Waals surface area contributed by atoms with E-state index in [0.717, 1.165) is 28.4 Å². The fourth-order valence-electron chi connectivity index (χ4n) is 1.79. The molecule has 9 heteroatoms. The van der Waals surface area contributed by atoms with Gasteiger partial charge in [0, 0.05) is 34.3 Å². The highest BCUT2D eigenvalue weighted by molar-refractivity contribution is 7.89. The Morgan fingerprint density at radius 2 is 2.05 bits per heavy atom. The molecule has 1 aliphatic rings. The molecule has 7 nitrogen and oxygen atoms in total. The van der Waals surface area contributed by atoms with E-state index in [0.29, 0.717) is 18.2 Å². The maximum atomic E-state index is 12.3. The highest BCUT2D eigenvalue weighted by atomic mass is 32.2. The van der Waals surface area contributed by atoms with Gasteiger partial charge in [0.05, 0.1) is 6.61 Å². The minimum atomic E-state index is -3.60. The second-order valence-corrected chi connectivity index (χ2v) is 8.27. The molecule has 0 spiro atoms. The molecule has 0 aliphatic heterocycles. The molecule has 1 aromatic heterocycles. The van der Waals surface area contributed by atoms with Gasteiger partial charge in [-0.15, -0.1) is 0 Å². The number of nitrogen functional groups attached to an aromatic ring is 1. The van der Waals surface area contributed by atoms with Crippen LogP contribution in [0.25, 0.3) is 0 Å². The summed E-state index contributed by atoms with van der Waals surface area (Å²) in [6.07, 6.45) is 2.51. The molecule has 1 heterocycles. The summed E-state index contributed by atoms with van der Waals surface area (Å²) in [5.41, 5.74) is 5.74. The van der Waals surface area contributed by atoms with Crippen molar-refractivity contribution in [2.45, 2.75) is 17.7 Å². The van der Waals surface area contributed by atoms with Gasteiger partial charge in [-0.3, -0.25) is 0 Å². The molecule has 0 unspecified atom stereocenters. The quantitative estimate of drug-likeness (QED) is 0.709. The molecule has 2 rings (SSSR count). The molecule has 0 amide bonds. The molecule has 0 radical (unpaired) electrons. The Morgan fingerprint density at radius 3 is 2.62 bits per heavy atom. The second-order valence-electron chi connectivity index (χ2n) is 5.43. The summed E-state index contributed by atoms with van der Waals surface area (Å²) in [7, 11) is 1.18. The average Bonchev–Trinajstić information content (AvgIpc) is 3.15. The SMILES string of the molecule is CN(CCOCC1CC1)c1snc(N)c1S(=O)(=O)N(C)C. The fraction of sp³-hybridized carbons (Fsp3) is 0.750. The zero-order chi connectivity index (χ0) is 15.6. The molecular formula is C12H22N4O3S2. The summed E-state index contributed by atoms with van der Waals surface area (Å²) in [4.78, 5) is 1.92. The summed E-state index contributed by atoms with van der Waals surface area (Å²) >= 11 is 1.09. The molecule has 0 bridgehead atoms. The lowest BCUT2D eigenvalue weighted by Crippen LogP contribution is -2.27. The van der Waals surface area contributed by atoms with Crippen molar-refractivity contribution in [1.29, 1.82) is 0 Å². The van der Waals surface area contributed by atoms with E-state index in [1.807, 2.05) is 11.9 Å². The molecule has 0 saturated heterocycles. The number of nitrogens with two attached hydrogens (primary N) is 1. The Labute approximate surface area is 129 Å². The van der Waals surface area contributed by atoms with Crippen LogP contribution in [0.2, 0.25) is 0 Å². The number of sulfonamides is 1. The number of nitrogens with zero attached hydrogens (tertiary/aromatic N) is 3. The molecule has 1 saturated carbocycles. The third-order valence-corrected chi connectivity index (χ3v) is 6.35. The fourth-order valence-corrected chi connectivity index (χ4v) is 4.02. The summed E-state index contributed by atoms with van der Waals surface area (Å²) in [6.45, 7) is 1.96. The zero-order valence-electron chi connectivity index (χ0n) is 12.6. The van der Waals surface area contributed by atoms with Gasteiger partial charge in [-0.25, -0.2) is 12.7 Å². The minimum absolute atomic E-state index is 0.0504. The van der Waals surface area contributed by atoms with Gasteiger partial charge < -0.3 is 15.4 Å². The van der Waals surface area contributed by atoms with E-state index in [1.165, 1.54) is 26.9 Å². The Balaban J connectivity index is 2.04. The van der Waals surface area contributed by atoms with Crippen LogP contribution in [0.15, 0.2) is 4.90 Å². The van der Waals surface area contributed by atoms with E-state index < -0.39 is 10.0 Å². The van der Waals surface area contributed by atoms with Crippen molar-refractivity contribution in [2.24, 2.45) is 5.92 Å². The predicted octanol–water partition coefficient (Wildman–Crippen LogP) is 0.838. The van der Waals surface area contributed by atoms with Crippen molar-refractivity contribution in [3.8, 4) is 0 Å². The van der Waals surface area contributed by atoms with Crippen LogP contribution in [0.4, 0.5) is 10.8 Å². The van der Waals surface area contributed by atoms with Crippen LogP contribution in [0, 0.1) is 5.92 Å². The highest BCUT2D eigenvalue weighted by Gasteiger charge is 2.29. The third kappa shape index (κ3) is 3.85. The molecule has 1 aliphatic carbocycles. The van der Waals surface area contributed by atoms with E-state index in [1.54, 1.807) is 0 Å². The first-order chi connectivity index (χ1) is 9.84. The van der Waals surface area contributed by atoms with Crippen LogP contribution in [-0.2, 0) is 14.8 Å². The normalized spacial score (nSPS) is 15.6. The Kier molecular flexibility index (Phi) is 5.07. The third-order valence-electron chi connectivity index (χ3n) is 3.36. The summed E-state index contributed by atoms with van der Waals surface area (Å²) < 4.78 is 35.4. The first kappa shape index (κ1) is 16.5. The number of hydrogen-bond donors (Lipinski definition) is 1. The van der Waals surface area contributed by atoms with Crippen molar-refractivity contribution >= 4 is 32.4 Å². The largest absolute Gasteiger partial charge is 0.382 e. The maximum Gasteiger partial charge on any atom is 0.249 e. The van der Waals surface area contributed by atoms with E-state index in [9.17, 15) is 8.42 Å². The molecule has 2 N–H and O–H groups in total. The first-order valence-corrected chi connectivity index (χ1v) is 9.02. The lowest BCUT2D eigenvalue weighted by molar-refractivity contribution is 0.131. The maximum absolute atomic E-state index is 12.3. The van der Waals surface area contributed by atoms with Gasteiger partial charge in [0.2, 0.25) is 10.0 Å². The van der Waals surface area contributed by atoms with Crippen LogP contribution in [0.1, 0.15) is 12.8 Å². The zero-order valence-corrected chi connectivity index (χ0v) is 14.2. The number of rotatable bonds is 8. The van der Waals surface area contributed by atoms with Gasteiger partial charge in [0.1, 0.15) is 5.00 Å². The van der Waals surface area contributed by atoms with Crippen molar-refractivity contribution in [3.63, 3.8) is 0 Å². The summed E-state index contributed by atoms with van der Waals surface area (Å²) in [5, 5.41) is 0.552. The van der Waals surface area contributed by atoms with Gasteiger partial charge in [-0.05, 0) is 30.3 Å².